The fraction of sp³-hybridized carbons (Fsp3) is 0.500. The van der Waals surface area contributed by atoms with E-state index in [1.165, 1.54) is 19.3 Å². The van der Waals surface area contributed by atoms with Gasteiger partial charge in [0.1, 0.15) is 0 Å². The third-order valence-corrected chi connectivity index (χ3v) is 5.63. The molecule has 2 N–H and O–H groups in total. The number of ether oxygens (including phenoxy) is 1. The molecule has 0 saturated heterocycles. The molecular formula is C18H21BrN2O4. The summed E-state index contributed by atoms with van der Waals surface area (Å²) in [6.07, 6.45) is 5.23. The Kier molecular flexibility index (Phi) is 5.73. The van der Waals surface area contributed by atoms with Crippen LogP contribution in [0.15, 0.2) is 28.7 Å². The van der Waals surface area contributed by atoms with Crippen molar-refractivity contribution in [2.45, 2.75) is 32.1 Å². The quantitative estimate of drug-likeness (QED) is 0.579. The van der Waals surface area contributed by atoms with E-state index in [0.29, 0.717) is 23.8 Å². The first-order valence-corrected chi connectivity index (χ1v) is 9.31. The van der Waals surface area contributed by atoms with Gasteiger partial charge < -0.3 is 4.74 Å². The first-order chi connectivity index (χ1) is 12.0. The molecule has 1 aromatic carbocycles. The zero-order valence-corrected chi connectivity index (χ0v) is 15.4. The number of hydrazine groups is 1. The van der Waals surface area contributed by atoms with Crippen molar-refractivity contribution in [2.75, 3.05) is 6.61 Å². The minimum absolute atomic E-state index is 0.341. The summed E-state index contributed by atoms with van der Waals surface area (Å²) in [5.41, 5.74) is 4.95. The molecule has 2 fully saturated rings. The maximum absolute atomic E-state index is 11.9. The normalized spacial score (nSPS) is 24.0. The van der Waals surface area contributed by atoms with Crippen molar-refractivity contribution >= 4 is 33.7 Å². The number of carbonyl (C=O) groups excluding carboxylic acids is 3. The fourth-order valence-electron chi connectivity index (χ4n) is 3.88. The van der Waals surface area contributed by atoms with E-state index in [1.54, 1.807) is 24.3 Å². The van der Waals surface area contributed by atoms with Crippen LogP contribution in [-0.2, 0) is 14.3 Å². The van der Waals surface area contributed by atoms with Crippen molar-refractivity contribution in [1.82, 2.24) is 10.9 Å². The Morgan fingerprint density at radius 3 is 2.48 bits per heavy atom. The Balaban J connectivity index is 1.34. The molecule has 0 radical (unpaired) electrons. The number of nitrogens with one attached hydrogen (secondary N) is 2. The van der Waals surface area contributed by atoms with Gasteiger partial charge in [0.25, 0.3) is 11.8 Å². The standard InChI is InChI=1S/C18H21BrN2O4/c19-15-5-3-12(4-6-15)18(24)21-20-16(22)10-25-17(23)9-14-8-11-1-2-13(14)7-11/h3-6,11,13-14H,1-2,7-10H2,(H,20,22)(H,21,24). The minimum Gasteiger partial charge on any atom is -0.455 e. The number of benzene rings is 1. The predicted molar refractivity (Wildman–Crippen MR) is 94.3 cm³/mol. The van der Waals surface area contributed by atoms with Crippen LogP contribution in [0.3, 0.4) is 0 Å². The number of fused-ring (bicyclic) bond motifs is 2. The van der Waals surface area contributed by atoms with Crippen LogP contribution in [0.5, 0.6) is 0 Å². The van der Waals surface area contributed by atoms with Crippen molar-refractivity contribution in [1.29, 1.82) is 0 Å². The smallest absolute Gasteiger partial charge is 0.306 e. The van der Waals surface area contributed by atoms with Gasteiger partial charge >= 0.3 is 5.97 Å². The summed E-state index contributed by atoms with van der Waals surface area (Å²) in [4.78, 5) is 35.4. The lowest BCUT2D eigenvalue weighted by Crippen LogP contribution is -2.43. The molecule has 3 unspecified atom stereocenters. The third-order valence-electron chi connectivity index (χ3n) is 5.10. The van der Waals surface area contributed by atoms with E-state index in [1.807, 2.05) is 0 Å². The number of amides is 2. The van der Waals surface area contributed by atoms with Crippen LogP contribution in [0.2, 0.25) is 0 Å². The number of hydrogen-bond acceptors (Lipinski definition) is 4. The highest BCUT2D eigenvalue weighted by molar-refractivity contribution is 9.10. The topological polar surface area (TPSA) is 84.5 Å². The van der Waals surface area contributed by atoms with E-state index in [4.69, 9.17) is 4.74 Å². The van der Waals surface area contributed by atoms with Crippen molar-refractivity contribution in [3.63, 3.8) is 0 Å². The van der Waals surface area contributed by atoms with E-state index in [0.717, 1.165) is 16.8 Å². The third kappa shape index (κ3) is 4.81. The molecule has 134 valence electrons. The van der Waals surface area contributed by atoms with E-state index >= 15 is 0 Å². The van der Waals surface area contributed by atoms with Crippen LogP contribution in [-0.4, -0.2) is 24.4 Å². The summed E-state index contributed by atoms with van der Waals surface area (Å²) < 4.78 is 5.88. The van der Waals surface area contributed by atoms with Gasteiger partial charge in [-0.3, -0.25) is 25.2 Å². The Hall–Kier alpha value is -1.89. The van der Waals surface area contributed by atoms with Crippen molar-refractivity contribution in [2.24, 2.45) is 17.8 Å². The van der Waals surface area contributed by atoms with E-state index < -0.39 is 11.8 Å². The molecule has 0 heterocycles. The number of hydrogen-bond donors (Lipinski definition) is 2. The first-order valence-electron chi connectivity index (χ1n) is 8.51. The van der Waals surface area contributed by atoms with E-state index in [9.17, 15) is 14.4 Å². The Bertz CT molecular complexity index is 662. The van der Waals surface area contributed by atoms with Crippen LogP contribution in [0, 0.1) is 17.8 Å². The van der Waals surface area contributed by atoms with Crippen LogP contribution < -0.4 is 10.9 Å². The van der Waals surface area contributed by atoms with Crippen molar-refractivity contribution < 1.29 is 19.1 Å². The van der Waals surface area contributed by atoms with Gasteiger partial charge in [0.05, 0.1) is 0 Å². The summed E-state index contributed by atoms with van der Waals surface area (Å²) in [5.74, 6) is 0.496. The van der Waals surface area contributed by atoms with Gasteiger partial charge in [-0.15, -0.1) is 0 Å². The van der Waals surface area contributed by atoms with Gasteiger partial charge in [-0.05, 0) is 61.3 Å². The summed E-state index contributed by atoms with van der Waals surface area (Å²) in [5, 5.41) is 0. The summed E-state index contributed by atoms with van der Waals surface area (Å²) in [6.45, 7) is -0.389. The molecule has 2 aliphatic carbocycles. The molecule has 0 aliphatic heterocycles. The van der Waals surface area contributed by atoms with Crippen LogP contribution in [0.4, 0.5) is 0 Å². The molecule has 25 heavy (non-hydrogen) atoms. The maximum atomic E-state index is 11.9. The van der Waals surface area contributed by atoms with E-state index in [2.05, 4.69) is 26.8 Å². The lowest BCUT2D eigenvalue weighted by molar-refractivity contribution is -0.150. The van der Waals surface area contributed by atoms with E-state index in [-0.39, 0.29) is 12.6 Å². The van der Waals surface area contributed by atoms with Gasteiger partial charge in [-0.2, -0.15) is 0 Å². The number of rotatable bonds is 5. The average molecular weight is 409 g/mol. The van der Waals surface area contributed by atoms with Gasteiger partial charge in [0.2, 0.25) is 0 Å². The molecule has 0 spiro atoms. The second-order valence-corrected chi connectivity index (χ2v) is 7.72. The van der Waals surface area contributed by atoms with Gasteiger partial charge in [-0.1, -0.05) is 22.4 Å². The molecule has 6 nitrogen and oxygen atoms in total. The first kappa shape index (κ1) is 17.9. The molecule has 7 heteroatoms. The lowest BCUT2D eigenvalue weighted by atomic mass is 9.86. The molecule has 2 amide bonds. The predicted octanol–water partition coefficient (Wildman–Crippen LogP) is 2.58. The number of carbonyl (C=O) groups is 3. The lowest BCUT2D eigenvalue weighted by Gasteiger charge is -2.20. The summed E-state index contributed by atoms with van der Waals surface area (Å²) in [7, 11) is 0. The molecular weight excluding hydrogens is 388 g/mol. The molecule has 2 aliphatic rings. The largest absolute Gasteiger partial charge is 0.455 e. The monoisotopic (exact) mass is 408 g/mol. The summed E-state index contributed by atoms with van der Waals surface area (Å²) in [6, 6.07) is 6.71. The summed E-state index contributed by atoms with van der Waals surface area (Å²) >= 11 is 3.28. The highest BCUT2D eigenvalue weighted by atomic mass is 79.9. The molecule has 2 saturated carbocycles. The molecule has 2 bridgehead atoms. The minimum atomic E-state index is -0.563. The van der Waals surface area contributed by atoms with Gasteiger partial charge in [-0.25, -0.2) is 0 Å². The average Bonchev–Trinajstić information content (AvgIpc) is 3.21. The highest BCUT2D eigenvalue weighted by Crippen LogP contribution is 2.49. The number of esters is 1. The SMILES string of the molecule is O=C(COC(=O)CC1CC2CCC1C2)NNC(=O)c1ccc(Br)cc1. The number of halogens is 1. The fourth-order valence-corrected chi connectivity index (χ4v) is 4.15. The maximum Gasteiger partial charge on any atom is 0.306 e. The van der Waals surface area contributed by atoms with Crippen molar-refractivity contribution in [3.8, 4) is 0 Å². The molecule has 0 aromatic heterocycles. The Labute approximate surface area is 154 Å². The second kappa shape index (κ2) is 7.99. The molecule has 1 aromatic rings. The zero-order valence-electron chi connectivity index (χ0n) is 13.8. The van der Waals surface area contributed by atoms with Gasteiger partial charge in [0, 0.05) is 16.5 Å². The molecule has 3 rings (SSSR count). The Morgan fingerprint density at radius 2 is 1.84 bits per heavy atom. The molecule has 3 atom stereocenters. The van der Waals surface area contributed by atoms with Crippen molar-refractivity contribution in [3.05, 3.63) is 34.3 Å². The van der Waals surface area contributed by atoms with Crippen LogP contribution >= 0.6 is 15.9 Å². The Morgan fingerprint density at radius 1 is 1.08 bits per heavy atom. The van der Waals surface area contributed by atoms with Gasteiger partial charge in [0.15, 0.2) is 6.61 Å². The van der Waals surface area contributed by atoms with Crippen LogP contribution in [0.25, 0.3) is 0 Å². The second-order valence-electron chi connectivity index (χ2n) is 6.81. The highest BCUT2D eigenvalue weighted by Gasteiger charge is 2.40. The van der Waals surface area contributed by atoms with Crippen LogP contribution in [0.1, 0.15) is 42.5 Å². The zero-order chi connectivity index (χ0) is 17.8.